The number of piperazine rings is 1. The number of benzene rings is 1. The van der Waals surface area contributed by atoms with Gasteiger partial charge in [0, 0.05) is 44.3 Å². The van der Waals surface area contributed by atoms with Crippen molar-refractivity contribution in [2.75, 3.05) is 44.2 Å². The zero-order valence-corrected chi connectivity index (χ0v) is 15.2. The fourth-order valence-corrected chi connectivity index (χ4v) is 5.33. The average Bonchev–Trinajstić information content (AvgIpc) is 3.44. The van der Waals surface area contributed by atoms with E-state index in [0.717, 1.165) is 58.0 Å². The van der Waals surface area contributed by atoms with E-state index in [0.29, 0.717) is 0 Å². The Morgan fingerprint density at radius 2 is 2.00 bits per heavy atom. The molecular formula is C19H23N7O. The Bertz CT molecular complexity index is 952. The Morgan fingerprint density at radius 1 is 1.11 bits per heavy atom. The van der Waals surface area contributed by atoms with Crippen molar-refractivity contribution in [1.82, 2.24) is 30.5 Å². The molecule has 3 saturated heterocycles. The van der Waals surface area contributed by atoms with Gasteiger partial charge in [0.2, 0.25) is 0 Å². The monoisotopic (exact) mass is 365 g/mol. The number of aromatic nitrogens is 5. The number of rotatable bonds is 4. The summed E-state index contributed by atoms with van der Waals surface area (Å²) in [5, 5.41) is 16.0. The van der Waals surface area contributed by atoms with Crippen LogP contribution in [0.3, 0.4) is 0 Å². The lowest BCUT2D eigenvalue weighted by molar-refractivity contribution is -0.0337. The molecule has 4 fully saturated rings. The molecule has 0 spiro atoms. The number of para-hydroxylation sites is 1. The minimum atomic E-state index is -0.0116. The van der Waals surface area contributed by atoms with Gasteiger partial charge in [0.1, 0.15) is 0 Å². The molecule has 2 N–H and O–H groups in total. The minimum absolute atomic E-state index is 0.00190. The van der Waals surface area contributed by atoms with E-state index in [9.17, 15) is 0 Å². The lowest BCUT2D eigenvalue weighted by Gasteiger charge is -2.46. The van der Waals surface area contributed by atoms with E-state index in [1.54, 1.807) is 0 Å². The van der Waals surface area contributed by atoms with Crippen molar-refractivity contribution >= 4 is 16.6 Å². The van der Waals surface area contributed by atoms with Gasteiger partial charge in [-0.2, -0.15) is 5.21 Å². The van der Waals surface area contributed by atoms with Crippen LogP contribution in [0, 0.1) is 0 Å². The molecule has 8 heteroatoms. The van der Waals surface area contributed by atoms with Crippen molar-refractivity contribution in [3.63, 3.8) is 0 Å². The van der Waals surface area contributed by atoms with Gasteiger partial charge in [0.15, 0.2) is 5.82 Å². The topological polar surface area (TPSA) is 86.0 Å². The van der Waals surface area contributed by atoms with Crippen LogP contribution in [0.1, 0.15) is 18.7 Å². The molecule has 2 bridgehead atoms. The Morgan fingerprint density at radius 3 is 2.81 bits per heavy atom. The molecule has 7 rings (SSSR count). The van der Waals surface area contributed by atoms with Crippen molar-refractivity contribution in [3.8, 4) is 0 Å². The van der Waals surface area contributed by atoms with Gasteiger partial charge in [0.05, 0.1) is 28.8 Å². The third-order valence-electron chi connectivity index (χ3n) is 6.59. The second-order valence-corrected chi connectivity index (χ2v) is 8.32. The summed E-state index contributed by atoms with van der Waals surface area (Å²) in [7, 11) is 0. The molecule has 27 heavy (non-hydrogen) atoms. The van der Waals surface area contributed by atoms with Gasteiger partial charge >= 0.3 is 0 Å². The Kier molecular flexibility index (Phi) is 3.19. The summed E-state index contributed by atoms with van der Waals surface area (Å²) in [6.45, 7) is 5.96. The summed E-state index contributed by atoms with van der Waals surface area (Å²) >= 11 is 0. The van der Waals surface area contributed by atoms with Crippen LogP contribution in [0.4, 0.5) is 5.69 Å². The van der Waals surface area contributed by atoms with Crippen LogP contribution in [0.5, 0.6) is 0 Å². The fraction of sp³-hybridized carbons (Fsp3) is 0.526. The van der Waals surface area contributed by atoms with Crippen LogP contribution in [0.2, 0.25) is 0 Å². The molecule has 0 amide bonds. The number of nitrogens with one attached hydrogen (secondary N) is 2. The van der Waals surface area contributed by atoms with E-state index < -0.39 is 0 Å². The van der Waals surface area contributed by atoms with Gasteiger partial charge in [-0.05, 0) is 25.0 Å². The molecule has 1 aromatic carbocycles. The van der Waals surface area contributed by atoms with Crippen LogP contribution in [-0.2, 0) is 10.2 Å². The van der Waals surface area contributed by atoms with Gasteiger partial charge in [-0.15, -0.1) is 10.2 Å². The smallest absolute Gasteiger partial charge is 0.183 e. The summed E-state index contributed by atoms with van der Waals surface area (Å²) in [4.78, 5) is 8.44. The number of H-pyrrole nitrogens is 2. The molecule has 8 nitrogen and oxygen atoms in total. The molecule has 1 saturated carbocycles. The standard InChI is InChI=1S/C19H23N7O/c1-2-14-4-5-20-16(14)15(3-1)26-8-6-25(7-9-26)12-19-10-18(11-19,13-27-19)17-21-23-24-22-17/h1-5,20H,6-13H2,(H,21,22,23,24). The zero-order chi connectivity index (χ0) is 17.9. The summed E-state index contributed by atoms with van der Waals surface area (Å²) < 4.78 is 6.22. The predicted molar refractivity (Wildman–Crippen MR) is 101 cm³/mol. The van der Waals surface area contributed by atoms with Crippen molar-refractivity contribution in [3.05, 3.63) is 36.3 Å². The fourth-order valence-electron chi connectivity index (χ4n) is 5.33. The molecule has 3 aromatic rings. The second kappa shape index (κ2) is 5.53. The third-order valence-corrected chi connectivity index (χ3v) is 6.59. The molecule has 5 heterocycles. The Hall–Kier alpha value is -2.45. The van der Waals surface area contributed by atoms with Crippen LogP contribution in [-0.4, -0.2) is 75.4 Å². The highest BCUT2D eigenvalue weighted by molar-refractivity contribution is 5.91. The van der Waals surface area contributed by atoms with Gasteiger partial charge in [-0.25, -0.2) is 0 Å². The molecule has 0 atom stereocenters. The van der Waals surface area contributed by atoms with Gasteiger partial charge in [-0.3, -0.25) is 4.90 Å². The first-order valence-corrected chi connectivity index (χ1v) is 9.67. The summed E-state index contributed by atoms with van der Waals surface area (Å²) in [5.74, 6) is 0.819. The second-order valence-electron chi connectivity index (χ2n) is 8.32. The predicted octanol–water partition coefficient (Wildman–Crippen LogP) is 1.30. The molecule has 3 aliphatic heterocycles. The van der Waals surface area contributed by atoms with Crippen LogP contribution in [0.25, 0.3) is 10.9 Å². The van der Waals surface area contributed by atoms with Crippen LogP contribution < -0.4 is 4.90 Å². The molecule has 0 radical (unpaired) electrons. The Balaban J connectivity index is 1.11. The van der Waals surface area contributed by atoms with E-state index in [1.165, 1.54) is 16.6 Å². The molecular weight excluding hydrogens is 342 g/mol. The number of hydrogen-bond donors (Lipinski definition) is 2. The first-order valence-electron chi connectivity index (χ1n) is 9.67. The molecule has 0 unspecified atom stereocenters. The Labute approximate surface area is 156 Å². The minimum Gasteiger partial charge on any atom is -0.373 e. The van der Waals surface area contributed by atoms with Crippen molar-refractivity contribution in [2.24, 2.45) is 0 Å². The van der Waals surface area contributed by atoms with Crippen LogP contribution >= 0.6 is 0 Å². The van der Waals surface area contributed by atoms with Crippen molar-refractivity contribution < 1.29 is 4.74 Å². The number of fused-ring (bicyclic) bond motifs is 2. The zero-order valence-electron chi connectivity index (χ0n) is 15.2. The summed E-state index contributed by atoms with van der Waals surface area (Å²) in [5.41, 5.74) is 2.54. The number of ether oxygens (including phenoxy) is 1. The highest BCUT2D eigenvalue weighted by atomic mass is 16.5. The molecule has 4 aliphatic rings. The number of anilines is 1. The molecule has 1 aliphatic carbocycles. The highest BCUT2D eigenvalue weighted by Crippen LogP contribution is 2.58. The normalized spacial score (nSPS) is 30.7. The van der Waals surface area contributed by atoms with E-state index in [4.69, 9.17) is 4.74 Å². The first-order chi connectivity index (χ1) is 13.3. The maximum absolute atomic E-state index is 6.22. The highest BCUT2D eigenvalue weighted by Gasteiger charge is 2.65. The number of hydrogen-bond acceptors (Lipinski definition) is 6. The molecule has 140 valence electrons. The number of aromatic amines is 2. The van der Waals surface area contributed by atoms with E-state index >= 15 is 0 Å². The maximum atomic E-state index is 6.22. The van der Waals surface area contributed by atoms with Gasteiger partial charge in [0.25, 0.3) is 0 Å². The largest absolute Gasteiger partial charge is 0.373 e. The maximum Gasteiger partial charge on any atom is 0.183 e. The molecule has 2 aromatic heterocycles. The number of tetrazole rings is 1. The quantitative estimate of drug-likeness (QED) is 0.725. The average molecular weight is 365 g/mol. The van der Waals surface area contributed by atoms with Crippen LogP contribution in [0.15, 0.2) is 30.5 Å². The lowest BCUT2D eigenvalue weighted by Crippen LogP contribution is -2.57. The third kappa shape index (κ3) is 2.33. The number of nitrogens with zero attached hydrogens (tertiary/aromatic N) is 5. The van der Waals surface area contributed by atoms with E-state index in [1.807, 2.05) is 6.20 Å². The van der Waals surface area contributed by atoms with Gasteiger partial charge in [-0.1, -0.05) is 17.3 Å². The SMILES string of the molecule is c1cc(N2CCN(CC34CC(c5nn[nH]n5)(CO3)C4)CC2)c2[nH]ccc2c1. The van der Waals surface area contributed by atoms with Crippen molar-refractivity contribution in [1.29, 1.82) is 0 Å². The van der Waals surface area contributed by atoms with E-state index in [2.05, 4.69) is 59.7 Å². The van der Waals surface area contributed by atoms with Crippen molar-refractivity contribution in [2.45, 2.75) is 23.9 Å². The van der Waals surface area contributed by atoms with Gasteiger partial charge < -0.3 is 14.6 Å². The summed E-state index contributed by atoms with van der Waals surface area (Å²) in [6, 6.07) is 8.67. The van der Waals surface area contributed by atoms with E-state index in [-0.39, 0.29) is 11.0 Å². The summed E-state index contributed by atoms with van der Waals surface area (Å²) in [6.07, 6.45) is 4.05. The first kappa shape index (κ1) is 15.6. The lowest BCUT2D eigenvalue weighted by atomic mass is 9.62.